The molecule has 0 amide bonds. The van der Waals surface area contributed by atoms with Gasteiger partial charge in [-0.1, -0.05) is 64.1 Å². The molecule has 128 valence electrons. The molecule has 0 aliphatic rings. The third-order valence-electron chi connectivity index (χ3n) is 4.19. The second-order valence-corrected chi connectivity index (χ2v) is 12.2. The molecular formula is C20H32O2Si. The Kier molecular flexibility index (Phi) is 7.14. The lowest BCUT2D eigenvalue weighted by Crippen LogP contribution is -2.40. The van der Waals surface area contributed by atoms with Gasteiger partial charge in [-0.05, 0) is 48.7 Å². The van der Waals surface area contributed by atoms with Gasteiger partial charge in [0.15, 0.2) is 0 Å². The first-order valence-corrected chi connectivity index (χ1v) is 11.3. The van der Waals surface area contributed by atoms with Gasteiger partial charge in [-0.3, -0.25) is 0 Å². The molecule has 0 radical (unpaired) electrons. The first-order valence-electron chi connectivity index (χ1n) is 8.40. The van der Waals surface area contributed by atoms with Gasteiger partial charge in [0, 0.05) is 0 Å². The topological polar surface area (TPSA) is 18.5 Å². The normalized spacial score (nSPS) is 13.9. The van der Waals surface area contributed by atoms with Crippen molar-refractivity contribution in [3.63, 3.8) is 0 Å². The molecule has 1 aromatic rings. The van der Waals surface area contributed by atoms with Crippen LogP contribution in [0.4, 0.5) is 0 Å². The maximum absolute atomic E-state index is 6.29. The van der Waals surface area contributed by atoms with E-state index in [9.17, 15) is 0 Å². The van der Waals surface area contributed by atoms with Gasteiger partial charge in [0.2, 0.25) is 0 Å². The molecule has 1 aromatic carbocycles. The lowest BCUT2D eigenvalue weighted by atomic mass is 10.1. The molecule has 3 heteroatoms. The predicted molar refractivity (Wildman–Crippen MR) is 103 cm³/mol. The van der Waals surface area contributed by atoms with E-state index in [-0.39, 0.29) is 5.04 Å². The van der Waals surface area contributed by atoms with Crippen LogP contribution < -0.4 is 0 Å². The van der Waals surface area contributed by atoms with Gasteiger partial charge in [-0.15, -0.1) is 0 Å². The lowest BCUT2D eigenvalue weighted by Gasteiger charge is -2.36. The summed E-state index contributed by atoms with van der Waals surface area (Å²) in [5, 5.41) is 0.165. The van der Waals surface area contributed by atoms with Crippen LogP contribution in [-0.2, 0) is 9.16 Å². The second-order valence-electron chi connectivity index (χ2n) is 7.48. The molecule has 0 atom stereocenters. The van der Waals surface area contributed by atoms with Crippen molar-refractivity contribution >= 4 is 14.4 Å². The summed E-state index contributed by atoms with van der Waals surface area (Å²) in [5.41, 5.74) is 2.37. The van der Waals surface area contributed by atoms with Gasteiger partial charge in [-0.25, -0.2) is 0 Å². The first-order chi connectivity index (χ1) is 10.7. The van der Waals surface area contributed by atoms with E-state index in [0.29, 0.717) is 12.6 Å². The number of hydrogen-bond acceptors (Lipinski definition) is 2. The second kappa shape index (κ2) is 8.39. The van der Waals surface area contributed by atoms with Crippen LogP contribution in [0.2, 0.25) is 18.1 Å². The standard InChI is InChI=1S/C20H32O2Si/c1-8-12-19(22-23(6,7)20(3,4)5)21-16-17(2)15-18-13-10-9-11-14-18/h9-15H,8,16H2,1-7H3/b17-15+,19-12-. The van der Waals surface area contributed by atoms with Crippen LogP contribution >= 0.6 is 0 Å². The van der Waals surface area contributed by atoms with E-state index in [2.05, 4.69) is 65.9 Å². The summed E-state index contributed by atoms with van der Waals surface area (Å²) in [6.07, 6.45) is 5.09. The Hall–Kier alpha value is -1.48. The number of hydrogen-bond donors (Lipinski definition) is 0. The summed E-state index contributed by atoms with van der Waals surface area (Å²) < 4.78 is 12.2. The average Bonchev–Trinajstić information content (AvgIpc) is 2.44. The van der Waals surface area contributed by atoms with Crippen molar-refractivity contribution in [3.05, 3.63) is 53.5 Å². The highest BCUT2D eigenvalue weighted by Crippen LogP contribution is 2.38. The van der Waals surface area contributed by atoms with Crippen molar-refractivity contribution in [2.24, 2.45) is 0 Å². The fourth-order valence-corrected chi connectivity index (χ4v) is 2.71. The largest absolute Gasteiger partial charge is 0.519 e. The summed E-state index contributed by atoms with van der Waals surface area (Å²) in [6, 6.07) is 10.3. The highest BCUT2D eigenvalue weighted by atomic mass is 28.4. The van der Waals surface area contributed by atoms with Crippen LogP contribution in [0, 0.1) is 0 Å². The van der Waals surface area contributed by atoms with E-state index in [1.807, 2.05) is 24.3 Å². The van der Waals surface area contributed by atoms with Crippen molar-refractivity contribution in [1.29, 1.82) is 0 Å². The zero-order valence-electron chi connectivity index (χ0n) is 15.8. The molecule has 0 aromatic heterocycles. The molecular weight excluding hydrogens is 300 g/mol. The van der Waals surface area contributed by atoms with Crippen LogP contribution in [0.5, 0.6) is 0 Å². The van der Waals surface area contributed by atoms with E-state index in [4.69, 9.17) is 9.16 Å². The number of rotatable bonds is 7. The Morgan fingerprint density at radius 1 is 1.13 bits per heavy atom. The molecule has 0 saturated heterocycles. The summed E-state index contributed by atoms with van der Waals surface area (Å²) in [7, 11) is -1.86. The molecule has 0 spiro atoms. The van der Waals surface area contributed by atoms with Gasteiger partial charge in [0.25, 0.3) is 14.3 Å². The summed E-state index contributed by atoms with van der Waals surface area (Å²) >= 11 is 0. The molecule has 2 nitrogen and oxygen atoms in total. The van der Waals surface area contributed by atoms with Crippen molar-refractivity contribution < 1.29 is 9.16 Å². The van der Waals surface area contributed by atoms with E-state index in [1.54, 1.807) is 0 Å². The van der Waals surface area contributed by atoms with E-state index < -0.39 is 8.32 Å². The number of allylic oxidation sites excluding steroid dienone is 1. The van der Waals surface area contributed by atoms with Crippen LogP contribution in [0.1, 0.15) is 46.6 Å². The minimum Gasteiger partial charge on any atom is -0.519 e. The minimum absolute atomic E-state index is 0.165. The number of benzene rings is 1. The molecule has 23 heavy (non-hydrogen) atoms. The van der Waals surface area contributed by atoms with Crippen molar-refractivity contribution in [2.75, 3.05) is 6.61 Å². The Bertz CT molecular complexity index is 537. The summed E-state index contributed by atoms with van der Waals surface area (Å²) in [6.45, 7) is 15.9. The van der Waals surface area contributed by atoms with Gasteiger partial charge in [0.1, 0.15) is 6.61 Å². The smallest absolute Gasteiger partial charge is 0.261 e. The Morgan fingerprint density at radius 3 is 2.26 bits per heavy atom. The van der Waals surface area contributed by atoms with E-state index >= 15 is 0 Å². The van der Waals surface area contributed by atoms with Gasteiger partial charge >= 0.3 is 0 Å². The lowest BCUT2D eigenvalue weighted by molar-refractivity contribution is 0.112. The van der Waals surface area contributed by atoms with Crippen LogP contribution in [0.15, 0.2) is 47.9 Å². The van der Waals surface area contributed by atoms with Gasteiger partial charge in [0.05, 0.1) is 0 Å². The molecule has 0 saturated carbocycles. The maximum Gasteiger partial charge on any atom is 0.261 e. The third kappa shape index (κ3) is 6.65. The van der Waals surface area contributed by atoms with E-state index in [1.165, 1.54) is 11.1 Å². The van der Waals surface area contributed by atoms with Gasteiger partial charge in [-0.2, -0.15) is 0 Å². The molecule has 0 unspecified atom stereocenters. The molecule has 0 N–H and O–H groups in total. The van der Waals surface area contributed by atoms with Crippen molar-refractivity contribution in [3.8, 4) is 0 Å². The van der Waals surface area contributed by atoms with Crippen LogP contribution in [0.25, 0.3) is 6.08 Å². The SMILES string of the molecule is CC/C=C(/OC/C(C)=C/c1ccccc1)O[Si](C)(C)C(C)(C)C. The predicted octanol–water partition coefficient (Wildman–Crippen LogP) is 6.38. The Labute approximate surface area is 143 Å². The molecule has 0 fully saturated rings. The van der Waals surface area contributed by atoms with Crippen LogP contribution in [-0.4, -0.2) is 14.9 Å². The van der Waals surface area contributed by atoms with Crippen molar-refractivity contribution in [2.45, 2.75) is 59.2 Å². The fourth-order valence-electron chi connectivity index (χ4n) is 1.76. The third-order valence-corrected chi connectivity index (χ3v) is 8.51. The average molecular weight is 333 g/mol. The molecule has 1 rings (SSSR count). The zero-order chi connectivity index (χ0) is 17.5. The summed E-state index contributed by atoms with van der Waals surface area (Å²) in [5.74, 6) is 0.680. The summed E-state index contributed by atoms with van der Waals surface area (Å²) in [4.78, 5) is 0. The molecule has 0 heterocycles. The quantitative estimate of drug-likeness (QED) is 0.426. The molecule has 0 aliphatic carbocycles. The maximum atomic E-state index is 6.29. The Morgan fingerprint density at radius 2 is 1.74 bits per heavy atom. The first kappa shape index (κ1) is 19.6. The number of ether oxygens (including phenoxy) is 1. The van der Waals surface area contributed by atoms with Gasteiger partial charge < -0.3 is 9.16 Å². The monoisotopic (exact) mass is 332 g/mol. The van der Waals surface area contributed by atoms with Crippen LogP contribution in [0.3, 0.4) is 0 Å². The Balaban J connectivity index is 2.71. The molecule has 0 aliphatic heterocycles. The van der Waals surface area contributed by atoms with E-state index in [0.717, 1.165) is 6.42 Å². The minimum atomic E-state index is -1.86. The van der Waals surface area contributed by atoms with Crippen molar-refractivity contribution in [1.82, 2.24) is 0 Å². The zero-order valence-corrected chi connectivity index (χ0v) is 16.8. The highest BCUT2D eigenvalue weighted by molar-refractivity contribution is 6.74. The molecule has 0 bridgehead atoms. The highest BCUT2D eigenvalue weighted by Gasteiger charge is 2.39. The fraction of sp³-hybridized carbons (Fsp3) is 0.500.